The van der Waals surface area contributed by atoms with Crippen LogP contribution in [0.1, 0.15) is 489 Å². The number of nitriles is 2. The van der Waals surface area contributed by atoms with Crippen LogP contribution in [0.4, 0.5) is 0 Å². The topological polar surface area (TPSA) is 84.5 Å². The van der Waals surface area contributed by atoms with E-state index in [4.69, 9.17) is 18.9 Å². The molecule has 0 aliphatic carbocycles. The minimum atomic E-state index is 0.453. The molecule has 0 aliphatic heterocycles. The van der Waals surface area contributed by atoms with Crippen LogP contribution in [-0.2, 0) is 0 Å². The molecule has 0 aromatic heterocycles. The Morgan fingerprint density at radius 3 is 0.545 bits per heavy atom. The minimum absolute atomic E-state index is 0.453. The van der Waals surface area contributed by atoms with Crippen LogP contribution in [0.5, 0.6) is 23.0 Å². The quantitative estimate of drug-likeness (QED) is 0.0318. The number of unbranched alkanes of at least 4 members (excludes halogenated alkanes) is 48. The Morgan fingerprint density at radius 2 is 0.391 bits per heavy atom. The molecular weight excluding hydrogens is 1340 g/mol. The Morgan fingerprint density at radius 1 is 0.236 bits per heavy atom. The Kier molecular flexibility index (Phi) is 66.2. The maximum atomic E-state index is 11.5. The van der Waals surface area contributed by atoms with Gasteiger partial charge in [0.25, 0.3) is 0 Å². The van der Waals surface area contributed by atoms with Gasteiger partial charge in [0.05, 0.1) is 48.7 Å². The highest BCUT2D eigenvalue weighted by Crippen LogP contribution is 2.40. The minimum Gasteiger partial charge on any atom is -0.492 e. The van der Waals surface area contributed by atoms with Crippen LogP contribution >= 0.6 is 0 Å². The molecule has 3 aromatic carbocycles. The molecule has 4 atom stereocenters. The molecule has 110 heavy (non-hydrogen) atoms. The fourth-order valence-electron chi connectivity index (χ4n) is 16.6. The van der Waals surface area contributed by atoms with E-state index in [1.807, 2.05) is 12.2 Å². The molecule has 0 fully saturated rings. The molecule has 626 valence electrons. The predicted molar refractivity (Wildman–Crippen MR) is 483 cm³/mol. The molecule has 0 spiro atoms. The highest BCUT2D eigenvalue weighted by Gasteiger charge is 2.23. The highest BCUT2D eigenvalue weighted by atomic mass is 16.5. The van der Waals surface area contributed by atoms with Gasteiger partial charge in [0, 0.05) is 0 Å². The van der Waals surface area contributed by atoms with Gasteiger partial charge in [0.15, 0.2) is 0 Å². The van der Waals surface area contributed by atoms with E-state index in [-0.39, 0.29) is 0 Å². The average molecular weight is 1520 g/mol. The normalized spacial score (nSPS) is 13.0. The summed E-state index contributed by atoms with van der Waals surface area (Å²) >= 11 is 0. The van der Waals surface area contributed by atoms with E-state index in [2.05, 4.69) is 128 Å². The van der Waals surface area contributed by atoms with Gasteiger partial charge in [-0.15, -0.1) is 0 Å². The van der Waals surface area contributed by atoms with Gasteiger partial charge in [-0.25, -0.2) is 0 Å². The van der Waals surface area contributed by atoms with Crippen LogP contribution < -0.4 is 18.9 Å². The maximum Gasteiger partial charge on any atom is 0.131 e. The average Bonchev–Trinajstić information content (AvgIpc) is 0.813. The fraction of sp³-hybridized carbons (Fsp3) is 0.769. The van der Waals surface area contributed by atoms with Crippen molar-refractivity contribution in [1.82, 2.24) is 0 Å². The molecule has 0 N–H and O–H groups in total. The lowest BCUT2D eigenvalue weighted by Gasteiger charge is -2.22. The second-order valence-electron chi connectivity index (χ2n) is 34.3. The number of nitrogens with zero attached hydrogens (tertiary/aromatic N) is 2. The van der Waals surface area contributed by atoms with E-state index in [9.17, 15) is 10.5 Å². The molecule has 3 aromatic rings. The molecule has 0 radical (unpaired) electrons. The summed E-state index contributed by atoms with van der Waals surface area (Å²) in [6, 6.07) is 26.4. The van der Waals surface area contributed by atoms with Crippen LogP contribution in [0.3, 0.4) is 0 Å². The fourth-order valence-corrected chi connectivity index (χ4v) is 16.6. The Balaban J connectivity index is 2.17. The molecule has 0 aliphatic rings. The molecular formula is C104H176N2O4. The zero-order valence-corrected chi connectivity index (χ0v) is 73.8. The third-order valence-corrected chi connectivity index (χ3v) is 23.9. The van der Waals surface area contributed by atoms with E-state index < -0.39 is 0 Å². The number of hydrogen-bond acceptors (Lipinski definition) is 6. The van der Waals surface area contributed by atoms with Gasteiger partial charge in [-0.05, 0) is 123 Å². The first-order chi connectivity index (χ1) is 54.3. The van der Waals surface area contributed by atoms with Crippen molar-refractivity contribution in [3.05, 3.63) is 82.9 Å². The zero-order valence-electron chi connectivity index (χ0n) is 73.8. The summed E-state index contributed by atoms with van der Waals surface area (Å²) in [6.07, 6.45) is 86.7. The summed E-state index contributed by atoms with van der Waals surface area (Å²) in [5.74, 6) is 4.80. The Labute approximate surface area is 683 Å². The number of ether oxygens (including phenoxy) is 4. The van der Waals surface area contributed by atoms with Crippen molar-refractivity contribution < 1.29 is 18.9 Å². The third kappa shape index (κ3) is 51.2. The molecule has 0 amide bonds. The summed E-state index contributed by atoms with van der Waals surface area (Å²) in [7, 11) is 0. The summed E-state index contributed by atoms with van der Waals surface area (Å²) in [4.78, 5) is 0. The van der Waals surface area contributed by atoms with E-state index in [0.29, 0.717) is 61.2 Å². The molecule has 0 saturated carbocycles. The lowest BCUT2D eigenvalue weighted by Crippen LogP contribution is -2.15. The van der Waals surface area contributed by atoms with Gasteiger partial charge in [0.2, 0.25) is 0 Å². The van der Waals surface area contributed by atoms with Gasteiger partial charge in [0.1, 0.15) is 35.1 Å². The van der Waals surface area contributed by atoms with Crippen LogP contribution in [0.2, 0.25) is 0 Å². The van der Waals surface area contributed by atoms with Crippen LogP contribution in [0, 0.1) is 46.3 Å². The van der Waals surface area contributed by atoms with Crippen molar-refractivity contribution >= 4 is 23.3 Å². The summed E-state index contributed by atoms with van der Waals surface area (Å²) in [6.45, 7) is 21.0. The number of allylic oxidation sites excluding steroid dienone is 2. The number of rotatable bonds is 80. The lowest BCUT2D eigenvalue weighted by atomic mass is 9.94. The molecule has 3 rings (SSSR count). The van der Waals surface area contributed by atoms with Crippen molar-refractivity contribution in [2.24, 2.45) is 23.7 Å². The Bertz CT molecular complexity index is 2390. The van der Waals surface area contributed by atoms with Gasteiger partial charge >= 0.3 is 0 Å². The first-order valence-corrected chi connectivity index (χ1v) is 48.4. The summed E-state index contributed by atoms with van der Waals surface area (Å²) < 4.78 is 28.5. The summed E-state index contributed by atoms with van der Waals surface area (Å²) in [5, 5.41) is 23.0. The van der Waals surface area contributed by atoms with Crippen LogP contribution in [0.15, 0.2) is 60.7 Å². The van der Waals surface area contributed by atoms with Crippen molar-refractivity contribution in [3.8, 4) is 35.1 Å². The second-order valence-corrected chi connectivity index (χ2v) is 34.3. The van der Waals surface area contributed by atoms with Crippen molar-refractivity contribution in [2.75, 3.05) is 26.4 Å². The SMILES string of the molecule is CCCCCCCCCCC(CCCCCCCC)COc1cccc(OCC(CCCCCCCC)CCCCCCCCCC)c1/C(C#N)=C/c1ccc(/C=C(\C#N)c2c(OCC(CCCCCCCC)CCCCCCCCCC)cccc2OCC(CCCCCCCC)CCCCCCCCCC)cc1. The first-order valence-electron chi connectivity index (χ1n) is 48.4. The van der Waals surface area contributed by atoms with Gasteiger partial charge < -0.3 is 18.9 Å². The van der Waals surface area contributed by atoms with Gasteiger partial charge in [-0.1, -0.05) is 451 Å². The number of hydrogen-bond donors (Lipinski definition) is 0. The van der Waals surface area contributed by atoms with Gasteiger partial charge in [-0.2, -0.15) is 10.5 Å². The Hall–Kier alpha value is -4.68. The smallest absolute Gasteiger partial charge is 0.131 e. The van der Waals surface area contributed by atoms with E-state index in [0.717, 1.165) is 45.3 Å². The third-order valence-electron chi connectivity index (χ3n) is 23.9. The van der Waals surface area contributed by atoms with E-state index >= 15 is 0 Å². The van der Waals surface area contributed by atoms with E-state index in [1.165, 1.54) is 411 Å². The number of benzene rings is 3. The van der Waals surface area contributed by atoms with Crippen molar-refractivity contribution in [2.45, 2.75) is 466 Å². The molecule has 0 bridgehead atoms. The molecule has 4 unspecified atom stereocenters. The lowest BCUT2D eigenvalue weighted by molar-refractivity contribution is 0.213. The molecule has 0 heterocycles. The first kappa shape index (κ1) is 99.5. The van der Waals surface area contributed by atoms with Gasteiger partial charge in [-0.3, -0.25) is 0 Å². The van der Waals surface area contributed by atoms with E-state index in [1.54, 1.807) is 0 Å². The van der Waals surface area contributed by atoms with Crippen LogP contribution in [0.25, 0.3) is 23.3 Å². The molecule has 6 nitrogen and oxygen atoms in total. The second kappa shape index (κ2) is 73.2. The largest absolute Gasteiger partial charge is 0.492 e. The summed E-state index contributed by atoms with van der Waals surface area (Å²) in [5.41, 5.74) is 4.46. The standard InChI is InChI=1S/C104H176N2O4/c1-9-17-25-33-41-45-53-61-71-93(67-57-49-37-29-21-13-5)87-107-99-75-65-76-100(108-88-94(68-58-50-38-30-22-14-6)72-62-54-46-42-34-26-18-10-2)103(99)97(85-105)83-91-79-81-92(82-80-91)84-98(86-106)104-101(109-89-95(69-59-51-39-31-23-15-7)73-63-55-47-43-35-27-19-11-3)77-66-78-102(104)110-90-96(70-60-52-40-32-24-16-8)74-64-56-48-44-36-28-20-12-4/h65-66,75-84,93-96H,9-64,67-74,87-90H2,1-8H3/b97-83+,98-84+. The maximum absolute atomic E-state index is 11.5. The highest BCUT2D eigenvalue weighted by molar-refractivity contribution is 5.95. The van der Waals surface area contributed by atoms with Crippen molar-refractivity contribution in [3.63, 3.8) is 0 Å². The molecule has 0 saturated heterocycles. The monoisotopic (exact) mass is 1520 g/mol. The molecule has 6 heteroatoms. The predicted octanol–water partition coefficient (Wildman–Crippen LogP) is 34.9. The zero-order chi connectivity index (χ0) is 78.9. The van der Waals surface area contributed by atoms with Crippen LogP contribution in [-0.4, -0.2) is 26.4 Å². The van der Waals surface area contributed by atoms with Crippen molar-refractivity contribution in [1.29, 1.82) is 10.5 Å².